The van der Waals surface area contributed by atoms with E-state index in [-0.39, 0.29) is 5.25 Å². The Kier molecular flexibility index (Phi) is 4.30. The van der Waals surface area contributed by atoms with Gasteiger partial charge in [-0.05, 0) is 41.6 Å². The predicted molar refractivity (Wildman–Crippen MR) is 89.6 cm³/mol. The molecule has 0 radical (unpaired) electrons. The Balaban J connectivity index is 1.49. The Labute approximate surface area is 147 Å². The summed E-state index contributed by atoms with van der Waals surface area (Å²) in [6, 6.07) is 13.4. The maximum Gasteiger partial charge on any atom is 0.247 e. The number of hydrogen-bond acceptors (Lipinski definition) is 8. The first-order chi connectivity index (χ1) is 12.3. The molecule has 0 amide bonds. The molecule has 25 heavy (non-hydrogen) atoms. The van der Waals surface area contributed by atoms with Gasteiger partial charge in [-0.25, -0.2) is 4.68 Å². The molecule has 0 aliphatic rings. The van der Waals surface area contributed by atoms with Gasteiger partial charge in [-0.1, -0.05) is 30.0 Å². The summed E-state index contributed by atoms with van der Waals surface area (Å²) in [5, 5.41) is 20.6. The van der Waals surface area contributed by atoms with Crippen molar-refractivity contribution in [1.82, 2.24) is 30.4 Å². The number of furan rings is 1. The third-order valence-corrected chi connectivity index (χ3v) is 4.53. The molecule has 0 N–H and O–H groups in total. The van der Waals surface area contributed by atoms with E-state index >= 15 is 0 Å². The Hall–Kier alpha value is -2.94. The number of aromatic nitrogens is 6. The zero-order valence-electron chi connectivity index (χ0n) is 13.3. The molecule has 1 aromatic carbocycles. The quantitative estimate of drug-likeness (QED) is 0.487. The monoisotopic (exact) mass is 354 g/mol. The highest BCUT2D eigenvalue weighted by molar-refractivity contribution is 7.99. The molecule has 3 aromatic heterocycles. The van der Waals surface area contributed by atoms with E-state index in [1.807, 2.05) is 49.4 Å². The van der Waals surface area contributed by atoms with Crippen LogP contribution in [0.2, 0.25) is 0 Å². The van der Waals surface area contributed by atoms with E-state index in [4.69, 9.17) is 8.83 Å². The van der Waals surface area contributed by atoms with Crippen molar-refractivity contribution in [3.05, 3.63) is 60.4 Å². The van der Waals surface area contributed by atoms with Gasteiger partial charge in [0.05, 0.1) is 11.5 Å². The summed E-state index contributed by atoms with van der Waals surface area (Å²) in [7, 11) is 0. The lowest BCUT2D eigenvalue weighted by molar-refractivity contribution is 0.462. The van der Waals surface area contributed by atoms with Gasteiger partial charge in [0.25, 0.3) is 0 Å². The zero-order chi connectivity index (χ0) is 17.1. The first-order valence-corrected chi connectivity index (χ1v) is 8.51. The fourth-order valence-corrected chi connectivity index (χ4v) is 3.05. The van der Waals surface area contributed by atoms with Crippen LogP contribution in [0.4, 0.5) is 0 Å². The van der Waals surface area contributed by atoms with E-state index in [0.29, 0.717) is 23.5 Å². The zero-order valence-corrected chi connectivity index (χ0v) is 14.1. The minimum atomic E-state index is -0.0914. The Morgan fingerprint density at radius 3 is 2.76 bits per heavy atom. The Morgan fingerprint density at radius 2 is 1.96 bits per heavy atom. The van der Waals surface area contributed by atoms with Crippen molar-refractivity contribution in [2.75, 3.05) is 0 Å². The standard InChI is InChI=1S/C16H14N6O2S/c1-11(14-17-18-15(24-14)12-6-3-2-4-7-12)25-16-19-20-21-22(16)10-13-8-5-9-23-13/h2-9,11H,10H2,1H3/t11-/m0/s1. The van der Waals surface area contributed by atoms with Crippen LogP contribution in [0.5, 0.6) is 0 Å². The van der Waals surface area contributed by atoms with Crippen molar-refractivity contribution in [3.8, 4) is 11.5 Å². The molecule has 0 aliphatic carbocycles. The number of tetrazole rings is 1. The van der Waals surface area contributed by atoms with Crippen molar-refractivity contribution < 1.29 is 8.83 Å². The van der Waals surface area contributed by atoms with Crippen molar-refractivity contribution in [2.24, 2.45) is 0 Å². The molecule has 0 saturated heterocycles. The van der Waals surface area contributed by atoms with Crippen LogP contribution in [0.15, 0.2) is 62.7 Å². The van der Waals surface area contributed by atoms with Crippen LogP contribution in [0.1, 0.15) is 23.8 Å². The molecule has 9 heteroatoms. The maximum atomic E-state index is 5.79. The normalized spacial score (nSPS) is 12.4. The lowest BCUT2D eigenvalue weighted by Gasteiger charge is -2.06. The average molecular weight is 354 g/mol. The van der Waals surface area contributed by atoms with Gasteiger partial charge in [0.1, 0.15) is 12.3 Å². The van der Waals surface area contributed by atoms with E-state index in [2.05, 4.69) is 25.7 Å². The van der Waals surface area contributed by atoms with Crippen molar-refractivity contribution in [1.29, 1.82) is 0 Å². The minimum Gasteiger partial charge on any atom is -0.467 e. The Bertz CT molecular complexity index is 935. The van der Waals surface area contributed by atoms with E-state index in [1.165, 1.54) is 11.8 Å². The summed E-state index contributed by atoms with van der Waals surface area (Å²) in [5.74, 6) is 1.81. The van der Waals surface area contributed by atoms with Crippen molar-refractivity contribution >= 4 is 11.8 Å². The third kappa shape index (κ3) is 3.45. The second-order valence-corrected chi connectivity index (χ2v) is 6.58. The topological polar surface area (TPSA) is 95.7 Å². The summed E-state index contributed by atoms with van der Waals surface area (Å²) in [6.07, 6.45) is 1.62. The van der Waals surface area contributed by atoms with Gasteiger partial charge in [0.2, 0.25) is 16.9 Å². The average Bonchev–Trinajstić information content (AvgIpc) is 3.38. The van der Waals surface area contributed by atoms with Crippen LogP contribution < -0.4 is 0 Å². The Morgan fingerprint density at radius 1 is 1.08 bits per heavy atom. The molecular formula is C16H14N6O2S. The molecule has 1 atom stereocenters. The van der Waals surface area contributed by atoms with Crippen LogP contribution in [-0.2, 0) is 6.54 Å². The van der Waals surface area contributed by atoms with Crippen molar-refractivity contribution in [3.63, 3.8) is 0 Å². The highest BCUT2D eigenvalue weighted by Crippen LogP contribution is 2.33. The van der Waals surface area contributed by atoms with Crippen LogP contribution >= 0.6 is 11.8 Å². The van der Waals surface area contributed by atoms with Crippen molar-refractivity contribution in [2.45, 2.75) is 23.9 Å². The minimum absolute atomic E-state index is 0.0914. The molecule has 126 valence electrons. The molecule has 0 saturated carbocycles. The summed E-state index contributed by atoms with van der Waals surface area (Å²) in [6.45, 7) is 2.44. The number of thioether (sulfide) groups is 1. The lowest BCUT2D eigenvalue weighted by atomic mass is 10.2. The van der Waals surface area contributed by atoms with E-state index in [9.17, 15) is 0 Å². The number of nitrogens with zero attached hydrogens (tertiary/aromatic N) is 6. The van der Waals surface area contributed by atoms with Gasteiger partial charge < -0.3 is 8.83 Å². The van der Waals surface area contributed by atoms with Gasteiger partial charge in [-0.3, -0.25) is 0 Å². The van der Waals surface area contributed by atoms with Gasteiger partial charge in [-0.15, -0.1) is 15.3 Å². The smallest absolute Gasteiger partial charge is 0.247 e. The SMILES string of the molecule is C[C@H](Sc1nnnn1Cc1ccco1)c1nnc(-c2ccccc2)o1. The largest absolute Gasteiger partial charge is 0.467 e. The molecule has 0 fully saturated rings. The molecule has 0 spiro atoms. The summed E-state index contributed by atoms with van der Waals surface area (Å²) in [4.78, 5) is 0. The molecule has 0 aliphatic heterocycles. The number of rotatable bonds is 6. The van der Waals surface area contributed by atoms with Gasteiger partial charge in [-0.2, -0.15) is 0 Å². The second kappa shape index (κ2) is 6.89. The van der Waals surface area contributed by atoms with Gasteiger partial charge in [0, 0.05) is 5.56 Å². The number of benzene rings is 1. The molecule has 0 bridgehead atoms. The maximum absolute atomic E-state index is 5.79. The third-order valence-electron chi connectivity index (χ3n) is 3.48. The van der Waals surface area contributed by atoms with Gasteiger partial charge >= 0.3 is 0 Å². The van der Waals surface area contributed by atoms with Crippen LogP contribution in [-0.4, -0.2) is 30.4 Å². The lowest BCUT2D eigenvalue weighted by Crippen LogP contribution is -2.04. The van der Waals surface area contributed by atoms with E-state index in [0.717, 1.165) is 11.3 Å². The molecule has 8 nitrogen and oxygen atoms in total. The fourth-order valence-electron chi connectivity index (χ4n) is 2.24. The van der Waals surface area contributed by atoms with Crippen LogP contribution in [0, 0.1) is 0 Å². The van der Waals surface area contributed by atoms with E-state index in [1.54, 1.807) is 10.9 Å². The molecule has 3 heterocycles. The predicted octanol–water partition coefficient (Wildman–Crippen LogP) is 3.22. The van der Waals surface area contributed by atoms with Crippen LogP contribution in [0.3, 0.4) is 0 Å². The summed E-state index contributed by atoms with van der Waals surface area (Å²) >= 11 is 1.45. The first kappa shape index (κ1) is 15.6. The number of hydrogen-bond donors (Lipinski definition) is 0. The molecular weight excluding hydrogens is 340 g/mol. The highest BCUT2D eigenvalue weighted by atomic mass is 32.2. The molecule has 4 aromatic rings. The summed E-state index contributed by atoms with van der Waals surface area (Å²) in [5.41, 5.74) is 0.890. The highest BCUT2D eigenvalue weighted by Gasteiger charge is 2.20. The molecule has 4 rings (SSSR count). The second-order valence-electron chi connectivity index (χ2n) is 5.27. The van der Waals surface area contributed by atoms with Crippen LogP contribution in [0.25, 0.3) is 11.5 Å². The van der Waals surface area contributed by atoms with E-state index < -0.39 is 0 Å². The van der Waals surface area contributed by atoms with Gasteiger partial charge in [0.15, 0.2) is 0 Å². The summed E-state index contributed by atoms with van der Waals surface area (Å²) < 4.78 is 12.8. The molecule has 0 unspecified atom stereocenters. The fraction of sp³-hybridized carbons (Fsp3) is 0.188. The first-order valence-electron chi connectivity index (χ1n) is 7.63.